The Kier molecular flexibility index (Phi) is 4.89. The number of carbonyl (C=O) groups is 3. The first-order chi connectivity index (χ1) is 17.7. The van der Waals surface area contributed by atoms with Gasteiger partial charge in [-0.05, 0) is 48.4 Å². The molecule has 3 aromatic carbocycles. The number of nitrogens with zero attached hydrogens (tertiary/aromatic N) is 2. The minimum absolute atomic E-state index is 0.0232. The molecule has 3 heterocycles. The zero-order valence-electron chi connectivity index (χ0n) is 19.1. The van der Waals surface area contributed by atoms with Crippen molar-refractivity contribution in [1.82, 2.24) is 5.32 Å². The summed E-state index contributed by atoms with van der Waals surface area (Å²) in [4.78, 5) is 52.8. The fourth-order valence-corrected chi connectivity index (χ4v) is 5.84. The van der Waals surface area contributed by atoms with Crippen molar-refractivity contribution in [3.05, 3.63) is 93.8 Å². The maximum Gasteiger partial charge on any atom is 0.271 e. The van der Waals surface area contributed by atoms with Gasteiger partial charge in [0.05, 0.1) is 22.4 Å². The number of halogens is 1. The predicted molar refractivity (Wildman–Crippen MR) is 128 cm³/mol. The molecule has 3 aliphatic heterocycles. The molecule has 2 fully saturated rings. The zero-order valence-corrected chi connectivity index (χ0v) is 19.1. The quantitative estimate of drug-likeness (QED) is 0.283. The van der Waals surface area contributed by atoms with Gasteiger partial charge in [0.2, 0.25) is 17.7 Å². The van der Waals surface area contributed by atoms with Crippen molar-refractivity contribution in [3.63, 3.8) is 0 Å². The molecule has 11 heteroatoms. The molecule has 0 saturated carbocycles. The van der Waals surface area contributed by atoms with E-state index in [1.54, 1.807) is 12.1 Å². The lowest BCUT2D eigenvalue weighted by atomic mass is 9.76. The summed E-state index contributed by atoms with van der Waals surface area (Å²) in [5.41, 5.74) is -0.700. The van der Waals surface area contributed by atoms with Crippen LogP contribution in [0.25, 0.3) is 0 Å². The average molecular weight is 502 g/mol. The number of imide groups is 1. The van der Waals surface area contributed by atoms with Crippen LogP contribution in [0.2, 0.25) is 0 Å². The Hall–Kier alpha value is -4.64. The number of nitrogens with one attached hydrogen (secondary N) is 2. The van der Waals surface area contributed by atoms with Crippen LogP contribution in [0.5, 0.6) is 5.75 Å². The predicted octanol–water partition coefficient (Wildman–Crippen LogP) is 2.61. The number of benzene rings is 3. The molecule has 0 aliphatic carbocycles. The molecule has 186 valence electrons. The van der Waals surface area contributed by atoms with Crippen molar-refractivity contribution in [1.29, 1.82) is 0 Å². The zero-order chi connectivity index (χ0) is 26.1. The maximum atomic E-state index is 14.4. The lowest BCUT2D eigenvalue weighted by Gasteiger charge is -2.29. The van der Waals surface area contributed by atoms with Crippen molar-refractivity contribution in [2.45, 2.75) is 18.0 Å². The largest absolute Gasteiger partial charge is 0.508 e. The van der Waals surface area contributed by atoms with Crippen LogP contribution < -0.4 is 15.5 Å². The third-order valence-corrected chi connectivity index (χ3v) is 7.37. The molecule has 4 atom stereocenters. The molecule has 3 aliphatic rings. The minimum atomic E-state index is -1.72. The Labute approximate surface area is 208 Å². The molecule has 1 spiro atoms. The van der Waals surface area contributed by atoms with Gasteiger partial charge in [-0.25, -0.2) is 9.29 Å². The Morgan fingerprint density at radius 1 is 1.03 bits per heavy atom. The van der Waals surface area contributed by atoms with Gasteiger partial charge in [0.1, 0.15) is 17.1 Å². The third kappa shape index (κ3) is 3.24. The van der Waals surface area contributed by atoms with Crippen LogP contribution in [-0.2, 0) is 26.3 Å². The van der Waals surface area contributed by atoms with E-state index in [0.29, 0.717) is 5.69 Å². The molecule has 10 nitrogen and oxygen atoms in total. The van der Waals surface area contributed by atoms with Gasteiger partial charge in [-0.3, -0.25) is 29.8 Å². The van der Waals surface area contributed by atoms with Crippen molar-refractivity contribution in [3.8, 4) is 5.75 Å². The summed E-state index contributed by atoms with van der Waals surface area (Å²) in [6.07, 6.45) is 0.225. The fourth-order valence-electron chi connectivity index (χ4n) is 5.84. The first-order valence-corrected chi connectivity index (χ1v) is 11.5. The Bertz CT molecular complexity index is 1510. The van der Waals surface area contributed by atoms with E-state index in [-0.39, 0.29) is 29.1 Å². The maximum absolute atomic E-state index is 14.4. The number of phenols is 1. The van der Waals surface area contributed by atoms with Gasteiger partial charge in [0.15, 0.2) is 0 Å². The summed E-state index contributed by atoms with van der Waals surface area (Å²) in [6.45, 7) is 0. The number of fused-ring (bicyclic) bond motifs is 4. The van der Waals surface area contributed by atoms with Crippen LogP contribution in [-0.4, -0.2) is 33.8 Å². The van der Waals surface area contributed by atoms with Crippen LogP contribution in [0.15, 0.2) is 66.7 Å². The van der Waals surface area contributed by atoms with Crippen molar-refractivity contribution < 1.29 is 28.8 Å². The van der Waals surface area contributed by atoms with Crippen LogP contribution in [0, 0.1) is 27.8 Å². The molecule has 6 rings (SSSR count). The topological polar surface area (TPSA) is 142 Å². The van der Waals surface area contributed by atoms with E-state index in [0.717, 1.165) is 16.5 Å². The lowest BCUT2D eigenvalue weighted by molar-refractivity contribution is -0.384. The molecule has 2 saturated heterocycles. The fraction of sp³-hybridized carbons (Fsp3) is 0.192. The first kappa shape index (κ1) is 22.8. The molecule has 0 unspecified atom stereocenters. The second-order valence-corrected chi connectivity index (χ2v) is 9.37. The number of nitro groups is 1. The highest BCUT2D eigenvalue weighted by Gasteiger charge is 2.70. The molecule has 0 radical (unpaired) electrons. The molecule has 37 heavy (non-hydrogen) atoms. The summed E-state index contributed by atoms with van der Waals surface area (Å²) < 4.78 is 14.4. The van der Waals surface area contributed by atoms with E-state index in [9.17, 15) is 34.0 Å². The van der Waals surface area contributed by atoms with E-state index in [1.165, 1.54) is 48.5 Å². The summed E-state index contributed by atoms with van der Waals surface area (Å²) in [6, 6.07) is 14.5. The van der Waals surface area contributed by atoms with Crippen LogP contribution in [0.3, 0.4) is 0 Å². The normalized spacial score (nSPS) is 25.9. The molecule has 0 bridgehead atoms. The van der Waals surface area contributed by atoms with E-state index >= 15 is 0 Å². The molecule has 3 amide bonds. The van der Waals surface area contributed by atoms with E-state index in [1.807, 2.05) is 0 Å². The van der Waals surface area contributed by atoms with E-state index in [4.69, 9.17) is 0 Å². The second-order valence-electron chi connectivity index (χ2n) is 9.37. The Morgan fingerprint density at radius 3 is 2.51 bits per heavy atom. The third-order valence-electron chi connectivity index (χ3n) is 7.37. The molecule has 3 aromatic rings. The van der Waals surface area contributed by atoms with Crippen LogP contribution >= 0.6 is 0 Å². The van der Waals surface area contributed by atoms with E-state index < -0.39 is 51.9 Å². The van der Waals surface area contributed by atoms with Gasteiger partial charge in [-0.1, -0.05) is 18.2 Å². The van der Waals surface area contributed by atoms with Gasteiger partial charge in [0, 0.05) is 29.4 Å². The summed E-state index contributed by atoms with van der Waals surface area (Å²) >= 11 is 0. The van der Waals surface area contributed by atoms with Crippen molar-refractivity contribution in [2.24, 2.45) is 11.8 Å². The highest BCUT2D eigenvalue weighted by molar-refractivity contribution is 6.25. The van der Waals surface area contributed by atoms with Crippen molar-refractivity contribution in [2.75, 3.05) is 10.2 Å². The number of aromatic hydroxyl groups is 1. The minimum Gasteiger partial charge on any atom is -0.508 e. The number of non-ortho nitro benzene ring substituents is 1. The van der Waals surface area contributed by atoms with Gasteiger partial charge >= 0.3 is 0 Å². The standard InChI is InChI=1S/C26H19FN4O6/c27-14-6-9-19-18(11-14)26(25(35)28-19)22-21(20(29-26)10-13-4-7-17(32)8-5-13)23(33)30(24(22)34)15-2-1-3-16(12-15)31(36)37/h1-9,11-12,20-22,29,32H,10H2,(H,28,35)/t20-,21+,22+,26-/m1/s1. The number of rotatable bonds is 4. The monoisotopic (exact) mass is 502 g/mol. The number of phenolic OH excluding ortho intramolecular Hbond substituents is 1. The molecular formula is C26H19FN4O6. The summed E-state index contributed by atoms with van der Waals surface area (Å²) in [5.74, 6) is -4.68. The van der Waals surface area contributed by atoms with Gasteiger partial charge in [-0.2, -0.15) is 0 Å². The number of nitro benzene ring substituents is 1. The number of amides is 3. The molecular weight excluding hydrogens is 483 g/mol. The summed E-state index contributed by atoms with van der Waals surface area (Å²) in [7, 11) is 0. The van der Waals surface area contributed by atoms with Gasteiger partial charge in [-0.15, -0.1) is 0 Å². The Balaban J connectivity index is 1.49. The van der Waals surface area contributed by atoms with Crippen LogP contribution in [0.4, 0.5) is 21.5 Å². The number of hydrogen-bond donors (Lipinski definition) is 3. The Morgan fingerprint density at radius 2 is 1.78 bits per heavy atom. The lowest BCUT2D eigenvalue weighted by Crippen LogP contribution is -2.53. The SMILES string of the molecule is O=C1[C@@H]2[C@@H](C(=O)N1c1cccc([N+](=O)[O-])c1)[C@@]1(N[C@@H]2Cc2ccc(O)cc2)C(=O)Nc2ccc(F)cc21. The second kappa shape index (κ2) is 7.93. The van der Waals surface area contributed by atoms with Gasteiger partial charge in [0.25, 0.3) is 5.69 Å². The number of hydrogen-bond acceptors (Lipinski definition) is 7. The average Bonchev–Trinajstić information content (AvgIpc) is 3.45. The smallest absolute Gasteiger partial charge is 0.271 e. The highest BCUT2D eigenvalue weighted by Crippen LogP contribution is 2.54. The van der Waals surface area contributed by atoms with E-state index in [2.05, 4.69) is 10.6 Å². The summed E-state index contributed by atoms with van der Waals surface area (Å²) in [5, 5.41) is 26.9. The molecule has 0 aromatic heterocycles. The highest BCUT2D eigenvalue weighted by atomic mass is 19.1. The van der Waals surface area contributed by atoms with Crippen molar-refractivity contribution >= 4 is 34.8 Å². The number of anilines is 2. The van der Waals surface area contributed by atoms with Crippen LogP contribution in [0.1, 0.15) is 11.1 Å². The number of carbonyl (C=O) groups excluding carboxylic acids is 3. The molecule has 3 N–H and O–H groups in total. The first-order valence-electron chi connectivity index (χ1n) is 11.5. The van der Waals surface area contributed by atoms with Gasteiger partial charge < -0.3 is 10.4 Å².